The Hall–Kier alpha value is -1.56. The first-order chi connectivity index (χ1) is 6.65. The quantitative estimate of drug-likeness (QED) is 0.607. The van der Waals surface area contributed by atoms with Crippen LogP contribution in [0.1, 0.15) is 0 Å². The van der Waals surface area contributed by atoms with Gasteiger partial charge in [-0.1, -0.05) is 0 Å². The minimum absolute atomic E-state index is 0.187. The van der Waals surface area contributed by atoms with Gasteiger partial charge in [-0.3, -0.25) is 0 Å². The van der Waals surface area contributed by atoms with Gasteiger partial charge in [0.15, 0.2) is 0 Å². The molecule has 14 heavy (non-hydrogen) atoms. The van der Waals surface area contributed by atoms with Crippen molar-refractivity contribution in [2.24, 2.45) is 0 Å². The van der Waals surface area contributed by atoms with Crippen LogP contribution in [0.2, 0.25) is 0 Å². The zero-order valence-corrected chi connectivity index (χ0v) is 8.41. The fourth-order valence-corrected chi connectivity index (χ4v) is 1.48. The second-order valence-corrected chi connectivity index (χ2v) is 3.41. The van der Waals surface area contributed by atoms with Crippen molar-refractivity contribution in [2.45, 2.75) is 0 Å². The standard InChI is InChI=1S/C8H5BrN2O3/c9-6-1-4-2-7(14-8(12)13)11-5(4)3-10-6/h1-3,11H,(H,12,13). The fourth-order valence-electron chi connectivity index (χ4n) is 1.13. The minimum Gasteiger partial charge on any atom is -0.449 e. The van der Waals surface area contributed by atoms with Crippen molar-refractivity contribution < 1.29 is 14.6 Å². The predicted molar refractivity (Wildman–Crippen MR) is 52.4 cm³/mol. The number of halogens is 1. The summed E-state index contributed by atoms with van der Waals surface area (Å²) in [5.41, 5.74) is 0.726. The largest absolute Gasteiger partial charge is 0.512 e. The average Bonchev–Trinajstić information content (AvgIpc) is 2.44. The second kappa shape index (κ2) is 3.30. The molecule has 2 heterocycles. The summed E-state index contributed by atoms with van der Waals surface area (Å²) < 4.78 is 5.14. The first-order valence-electron chi connectivity index (χ1n) is 3.70. The maximum Gasteiger partial charge on any atom is 0.512 e. The lowest BCUT2D eigenvalue weighted by Gasteiger charge is -1.91. The molecule has 0 aliphatic rings. The topological polar surface area (TPSA) is 75.2 Å². The van der Waals surface area contributed by atoms with E-state index in [2.05, 4.69) is 30.6 Å². The van der Waals surface area contributed by atoms with Crippen LogP contribution in [0.15, 0.2) is 22.9 Å². The first-order valence-corrected chi connectivity index (χ1v) is 4.49. The highest BCUT2D eigenvalue weighted by Crippen LogP contribution is 2.22. The number of carboxylic acid groups (broad SMARTS) is 1. The Balaban J connectivity index is 2.46. The molecule has 0 unspecified atom stereocenters. The zero-order valence-electron chi connectivity index (χ0n) is 6.82. The number of fused-ring (bicyclic) bond motifs is 1. The summed E-state index contributed by atoms with van der Waals surface area (Å²) in [6.07, 6.45) is 0.247. The van der Waals surface area contributed by atoms with E-state index in [0.29, 0.717) is 4.60 Å². The number of aromatic nitrogens is 2. The van der Waals surface area contributed by atoms with Crippen LogP contribution in [0.3, 0.4) is 0 Å². The van der Waals surface area contributed by atoms with Gasteiger partial charge in [0.2, 0.25) is 5.88 Å². The van der Waals surface area contributed by atoms with Crippen molar-refractivity contribution >= 4 is 33.0 Å². The molecule has 0 fully saturated rings. The molecule has 2 aromatic heterocycles. The molecule has 0 amide bonds. The first kappa shape index (κ1) is 9.01. The maximum absolute atomic E-state index is 10.2. The number of pyridine rings is 1. The smallest absolute Gasteiger partial charge is 0.449 e. The third-order valence-electron chi connectivity index (χ3n) is 1.64. The lowest BCUT2D eigenvalue weighted by molar-refractivity contribution is 0.143. The molecule has 0 saturated carbocycles. The van der Waals surface area contributed by atoms with Crippen molar-refractivity contribution in [3.8, 4) is 5.88 Å². The Labute approximate surface area is 86.8 Å². The van der Waals surface area contributed by atoms with Crippen LogP contribution in [0.4, 0.5) is 4.79 Å². The van der Waals surface area contributed by atoms with Crippen LogP contribution in [0, 0.1) is 0 Å². The molecule has 0 aromatic carbocycles. The van der Waals surface area contributed by atoms with Crippen molar-refractivity contribution in [1.29, 1.82) is 0 Å². The lowest BCUT2D eigenvalue weighted by Crippen LogP contribution is -2.02. The summed E-state index contributed by atoms with van der Waals surface area (Å²) in [5, 5.41) is 9.22. The van der Waals surface area contributed by atoms with E-state index in [4.69, 9.17) is 5.11 Å². The number of aromatic amines is 1. The maximum atomic E-state index is 10.2. The third-order valence-corrected chi connectivity index (χ3v) is 2.08. The van der Waals surface area contributed by atoms with Crippen molar-refractivity contribution in [3.05, 3.63) is 22.9 Å². The Morgan fingerprint density at radius 2 is 2.36 bits per heavy atom. The van der Waals surface area contributed by atoms with Crippen LogP contribution in [-0.4, -0.2) is 21.2 Å². The highest BCUT2D eigenvalue weighted by molar-refractivity contribution is 9.10. The minimum atomic E-state index is -1.34. The van der Waals surface area contributed by atoms with Gasteiger partial charge < -0.3 is 14.8 Å². The monoisotopic (exact) mass is 256 g/mol. The van der Waals surface area contributed by atoms with E-state index in [1.807, 2.05) is 0 Å². The second-order valence-electron chi connectivity index (χ2n) is 2.60. The summed E-state index contributed by atoms with van der Waals surface area (Å²) in [6.45, 7) is 0. The summed E-state index contributed by atoms with van der Waals surface area (Å²) in [4.78, 5) is 17.0. The molecule has 0 saturated heterocycles. The van der Waals surface area contributed by atoms with Crippen LogP contribution in [-0.2, 0) is 0 Å². The third kappa shape index (κ3) is 1.69. The van der Waals surface area contributed by atoms with Gasteiger partial charge in [0, 0.05) is 11.5 Å². The van der Waals surface area contributed by atoms with Gasteiger partial charge in [-0.05, 0) is 22.0 Å². The molecule has 0 bridgehead atoms. The molecule has 0 aliphatic heterocycles. The Morgan fingerprint density at radius 1 is 1.57 bits per heavy atom. The number of nitrogens with one attached hydrogen (secondary N) is 1. The molecule has 2 rings (SSSR count). The predicted octanol–water partition coefficient (Wildman–Crippen LogP) is 2.38. The van der Waals surface area contributed by atoms with E-state index in [1.165, 1.54) is 0 Å². The summed E-state index contributed by atoms with van der Waals surface area (Å²) in [6, 6.07) is 3.36. The Bertz CT molecular complexity index is 494. The normalized spacial score (nSPS) is 10.4. The van der Waals surface area contributed by atoms with Gasteiger partial charge in [0.1, 0.15) is 4.60 Å². The molecule has 5 nitrogen and oxygen atoms in total. The Morgan fingerprint density at radius 3 is 3.07 bits per heavy atom. The van der Waals surface area contributed by atoms with Crippen LogP contribution in [0.25, 0.3) is 10.9 Å². The number of ether oxygens (including phenoxy) is 1. The molecular formula is C8H5BrN2O3. The van der Waals surface area contributed by atoms with Gasteiger partial charge in [0.05, 0.1) is 11.7 Å². The average molecular weight is 257 g/mol. The van der Waals surface area contributed by atoms with Crippen LogP contribution >= 0.6 is 15.9 Å². The molecule has 0 atom stereocenters. The number of H-pyrrole nitrogens is 1. The Kier molecular flexibility index (Phi) is 2.12. The van der Waals surface area contributed by atoms with Gasteiger partial charge in [-0.25, -0.2) is 9.78 Å². The summed E-state index contributed by atoms with van der Waals surface area (Å²) in [5.74, 6) is 0.187. The molecule has 0 spiro atoms. The van der Waals surface area contributed by atoms with Crippen LogP contribution < -0.4 is 4.74 Å². The number of hydrogen-bond acceptors (Lipinski definition) is 3. The molecule has 72 valence electrons. The molecule has 2 aromatic rings. The van der Waals surface area contributed by atoms with E-state index < -0.39 is 6.16 Å². The van der Waals surface area contributed by atoms with E-state index in [0.717, 1.165) is 10.9 Å². The summed E-state index contributed by atoms with van der Waals surface area (Å²) >= 11 is 3.21. The fraction of sp³-hybridized carbons (Fsp3) is 0. The van der Waals surface area contributed by atoms with E-state index in [-0.39, 0.29) is 5.88 Å². The number of nitrogens with zero attached hydrogens (tertiary/aromatic N) is 1. The number of carbonyl (C=O) groups is 1. The van der Waals surface area contributed by atoms with Crippen LogP contribution in [0.5, 0.6) is 5.88 Å². The van der Waals surface area contributed by atoms with Crippen molar-refractivity contribution in [1.82, 2.24) is 9.97 Å². The van der Waals surface area contributed by atoms with Crippen molar-refractivity contribution in [2.75, 3.05) is 0 Å². The van der Waals surface area contributed by atoms with Gasteiger partial charge >= 0.3 is 6.16 Å². The van der Waals surface area contributed by atoms with E-state index >= 15 is 0 Å². The molecular weight excluding hydrogens is 252 g/mol. The van der Waals surface area contributed by atoms with Gasteiger partial charge in [0.25, 0.3) is 0 Å². The number of hydrogen-bond donors (Lipinski definition) is 2. The van der Waals surface area contributed by atoms with E-state index in [9.17, 15) is 4.79 Å². The molecule has 0 radical (unpaired) electrons. The zero-order chi connectivity index (χ0) is 10.1. The SMILES string of the molecule is O=C(O)Oc1cc2cc(Br)ncc2[nH]1. The number of rotatable bonds is 1. The van der Waals surface area contributed by atoms with Gasteiger partial charge in [-0.15, -0.1) is 0 Å². The molecule has 6 heteroatoms. The lowest BCUT2D eigenvalue weighted by atomic mass is 10.3. The molecule has 2 N–H and O–H groups in total. The summed E-state index contributed by atoms with van der Waals surface area (Å²) in [7, 11) is 0. The van der Waals surface area contributed by atoms with Crippen molar-refractivity contribution in [3.63, 3.8) is 0 Å². The highest BCUT2D eigenvalue weighted by Gasteiger charge is 2.05. The van der Waals surface area contributed by atoms with Gasteiger partial charge in [-0.2, -0.15) is 0 Å². The van der Waals surface area contributed by atoms with E-state index in [1.54, 1.807) is 18.3 Å². The highest BCUT2D eigenvalue weighted by atomic mass is 79.9. The molecule has 0 aliphatic carbocycles.